The van der Waals surface area contributed by atoms with Gasteiger partial charge in [-0.1, -0.05) is 11.6 Å². The first-order valence-corrected chi connectivity index (χ1v) is 4.89. The summed E-state index contributed by atoms with van der Waals surface area (Å²) in [5, 5.41) is 11.7. The van der Waals surface area contributed by atoms with Gasteiger partial charge in [-0.2, -0.15) is 5.26 Å². The number of rotatable bonds is 3. The lowest BCUT2D eigenvalue weighted by atomic mass is 10.2. The van der Waals surface area contributed by atoms with Gasteiger partial charge in [-0.05, 0) is 25.1 Å². The Hall–Kier alpha value is -1.86. The molecule has 0 spiro atoms. The van der Waals surface area contributed by atoms with Crippen molar-refractivity contribution < 1.29 is 9.59 Å². The van der Waals surface area contributed by atoms with E-state index in [1.807, 2.05) is 6.07 Å². The second kappa shape index (κ2) is 5.29. The van der Waals surface area contributed by atoms with Crippen molar-refractivity contribution in [1.29, 1.82) is 5.26 Å². The van der Waals surface area contributed by atoms with Gasteiger partial charge in [-0.15, -0.1) is 0 Å². The van der Waals surface area contributed by atoms with E-state index < -0.39 is 5.91 Å². The van der Waals surface area contributed by atoms with Crippen molar-refractivity contribution in [2.75, 3.05) is 5.32 Å². The Labute approximate surface area is 97.8 Å². The molecule has 1 N–H and O–H groups in total. The van der Waals surface area contributed by atoms with Gasteiger partial charge in [0.1, 0.15) is 11.9 Å². The molecule has 1 amide bonds. The topological polar surface area (TPSA) is 70.0 Å². The number of carbonyl (C=O) groups excluding carboxylic acids is 2. The summed E-state index contributed by atoms with van der Waals surface area (Å²) in [4.78, 5) is 22.0. The molecule has 0 fully saturated rings. The average molecular weight is 237 g/mol. The lowest BCUT2D eigenvalue weighted by Gasteiger charge is -2.05. The van der Waals surface area contributed by atoms with E-state index in [4.69, 9.17) is 16.9 Å². The lowest BCUT2D eigenvalue weighted by Crippen LogP contribution is -2.15. The number of benzene rings is 1. The normalized spacial score (nSPS) is 9.31. The summed E-state index contributed by atoms with van der Waals surface area (Å²) >= 11 is 5.70. The van der Waals surface area contributed by atoms with Crippen LogP contribution in [0.3, 0.4) is 0 Å². The molecule has 1 aromatic rings. The van der Waals surface area contributed by atoms with Crippen molar-refractivity contribution in [3.05, 3.63) is 28.8 Å². The Morgan fingerprint density at radius 3 is 2.75 bits per heavy atom. The van der Waals surface area contributed by atoms with Crippen molar-refractivity contribution in [3.63, 3.8) is 0 Å². The van der Waals surface area contributed by atoms with Crippen molar-refractivity contribution in [2.45, 2.75) is 13.3 Å². The van der Waals surface area contributed by atoms with E-state index in [0.29, 0.717) is 10.7 Å². The predicted molar refractivity (Wildman–Crippen MR) is 60.1 cm³/mol. The zero-order chi connectivity index (χ0) is 12.1. The molecule has 0 unspecified atom stereocenters. The van der Waals surface area contributed by atoms with Crippen molar-refractivity contribution in [3.8, 4) is 6.07 Å². The van der Waals surface area contributed by atoms with Crippen LogP contribution in [-0.4, -0.2) is 11.7 Å². The molecule has 0 aliphatic heterocycles. The molecule has 0 saturated carbocycles. The molecular weight excluding hydrogens is 228 g/mol. The van der Waals surface area contributed by atoms with Crippen LogP contribution >= 0.6 is 11.6 Å². The number of nitriles is 1. The summed E-state index contributed by atoms with van der Waals surface area (Å²) in [5.74, 6) is -0.670. The van der Waals surface area contributed by atoms with E-state index in [1.54, 1.807) is 6.07 Å². The fourth-order valence-corrected chi connectivity index (χ4v) is 1.31. The number of Topliss-reactive ketones (excluding diaryl/α,β-unsaturated/α-hetero) is 1. The molecule has 82 valence electrons. The first kappa shape index (κ1) is 12.2. The SMILES string of the molecule is CC(=O)CC(=O)Nc1ccc(Cl)cc1C#N. The molecular formula is C11H9ClN2O2. The molecule has 0 aliphatic carbocycles. The van der Waals surface area contributed by atoms with E-state index in [0.717, 1.165) is 0 Å². The highest BCUT2D eigenvalue weighted by atomic mass is 35.5. The Balaban J connectivity index is 2.86. The Kier molecular flexibility index (Phi) is 4.03. The van der Waals surface area contributed by atoms with Crippen molar-refractivity contribution in [2.24, 2.45) is 0 Å². The fourth-order valence-electron chi connectivity index (χ4n) is 1.14. The van der Waals surface area contributed by atoms with Crippen LogP contribution in [0, 0.1) is 11.3 Å². The minimum atomic E-state index is -0.439. The van der Waals surface area contributed by atoms with Crippen LogP contribution in [0.5, 0.6) is 0 Å². The van der Waals surface area contributed by atoms with Crippen LogP contribution < -0.4 is 5.32 Å². The first-order chi connectivity index (χ1) is 7.52. The van der Waals surface area contributed by atoms with Gasteiger partial charge < -0.3 is 5.32 Å². The maximum absolute atomic E-state index is 11.3. The van der Waals surface area contributed by atoms with Gasteiger partial charge in [0.2, 0.25) is 5.91 Å². The molecule has 0 aliphatic rings. The average Bonchev–Trinajstić information content (AvgIpc) is 2.19. The van der Waals surface area contributed by atoms with Crippen LogP contribution in [0.1, 0.15) is 18.9 Å². The quantitative estimate of drug-likeness (QED) is 0.818. The molecule has 1 rings (SSSR count). The number of carbonyl (C=O) groups is 2. The van der Waals surface area contributed by atoms with E-state index in [1.165, 1.54) is 19.1 Å². The second-order valence-electron chi connectivity index (χ2n) is 3.23. The number of nitrogens with zero attached hydrogens (tertiary/aromatic N) is 1. The predicted octanol–water partition coefficient (Wildman–Crippen LogP) is 2.13. The molecule has 1 aromatic carbocycles. The van der Waals surface area contributed by atoms with Crippen LogP contribution in [-0.2, 0) is 9.59 Å². The number of nitrogens with one attached hydrogen (secondary N) is 1. The van der Waals surface area contributed by atoms with Crippen molar-refractivity contribution >= 4 is 29.0 Å². The smallest absolute Gasteiger partial charge is 0.231 e. The Morgan fingerprint density at radius 2 is 2.19 bits per heavy atom. The minimum Gasteiger partial charge on any atom is -0.325 e. The van der Waals surface area contributed by atoms with Gasteiger partial charge in [0.05, 0.1) is 17.7 Å². The van der Waals surface area contributed by atoms with Gasteiger partial charge in [-0.25, -0.2) is 0 Å². The number of halogens is 1. The highest BCUT2D eigenvalue weighted by Crippen LogP contribution is 2.19. The van der Waals surface area contributed by atoms with E-state index >= 15 is 0 Å². The summed E-state index contributed by atoms with van der Waals surface area (Å²) < 4.78 is 0. The summed E-state index contributed by atoms with van der Waals surface area (Å²) in [6, 6.07) is 6.45. The van der Waals surface area contributed by atoms with Crippen LogP contribution in [0.15, 0.2) is 18.2 Å². The molecule has 16 heavy (non-hydrogen) atoms. The fraction of sp³-hybridized carbons (Fsp3) is 0.182. The van der Waals surface area contributed by atoms with Crippen LogP contribution in [0.2, 0.25) is 5.02 Å². The molecule has 0 radical (unpaired) electrons. The Morgan fingerprint density at radius 1 is 1.50 bits per heavy atom. The molecule has 5 heteroatoms. The highest BCUT2D eigenvalue weighted by Gasteiger charge is 2.08. The van der Waals surface area contributed by atoms with E-state index in [9.17, 15) is 9.59 Å². The standard InChI is InChI=1S/C11H9ClN2O2/c1-7(15)4-11(16)14-10-3-2-9(12)5-8(10)6-13/h2-3,5H,4H2,1H3,(H,14,16). The van der Waals surface area contributed by atoms with Crippen molar-refractivity contribution in [1.82, 2.24) is 0 Å². The zero-order valence-corrected chi connectivity index (χ0v) is 9.34. The number of anilines is 1. The summed E-state index contributed by atoms with van der Waals surface area (Å²) in [7, 11) is 0. The molecule has 0 heterocycles. The second-order valence-corrected chi connectivity index (χ2v) is 3.67. The van der Waals surface area contributed by atoms with Crippen LogP contribution in [0.4, 0.5) is 5.69 Å². The van der Waals surface area contributed by atoms with Gasteiger partial charge in [-0.3, -0.25) is 9.59 Å². The van der Waals surface area contributed by atoms with Gasteiger partial charge in [0.15, 0.2) is 0 Å². The largest absolute Gasteiger partial charge is 0.325 e. The lowest BCUT2D eigenvalue weighted by molar-refractivity contribution is -0.124. The maximum Gasteiger partial charge on any atom is 0.231 e. The maximum atomic E-state index is 11.3. The molecule has 0 bridgehead atoms. The molecule has 0 atom stereocenters. The first-order valence-electron chi connectivity index (χ1n) is 4.52. The number of hydrogen-bond donors (Lipinski definition) is 1. The summed E-state index contributed by atoms with van der Waals surface area (Å²) in [6.07, 6.45) is -0.201. The van der Waals surface area contributed by atoms with Gasteiger partial charge in [0, 0.05) is 5.02 Å². The third-order valence-corrected chi connectivity index (χ3v) is 2.02. The monoisotopic (exact) mass is 236 g/mol. The van der Waals surface area contributed by atoms with Gasteiger partial charge >= 0.3 is 0 Å². The summed E-state index contributed by atoms with van der Waals surface area (Å²) in [6.45, 7) is 1.33. The zero-order valence-electron chi connectivity index (χ0n) is 8.58. The number of amides is 1. The van der Waals surface area contributed by atoms with Gasteiger partial charge in [0.25, 0.3) is 0 Å². The third-order valence-electron chi connectivity index (χ3n) is 1.79. The minimum absolute atomic E-state index is 0.201. The van der Waals surface area contributed by atoms with E-state index in [-0.39, 0.29) is 17.8 Å². The molecule has 0 saturated heterocycles. The van der Waals surface area contributed by atoms with Crippen LogP contribution in [0.25, 0.3) is 0 Å². The molecule has 4 nitrogen and oxygen atoms in total. The number of ketones is 1. The summed E-state index contributed by atoms with van der Waals surface area (Å²) in [5.41, 5.74) is 0.627. The Bertz CT molecular complexity index is 477. The highest BCUT2D eigenvalue weighted by molar-refractivity contribution is 6.30. The third kappa shape index (κ3) is 3.37. The molecule has 0 aromatic heterocycles. The number of hydrogen-bond acceptors (Lipinski definition) is 3. The van der Waals surface area contributed by atoms with E-state index in [2.05, 4.69) is 5.32 Å².